The lowest BCUT2D eigenvalue weighted by atomic mass is 10.2. The van der Waals surface area contributed by atoms with E-state index in [4.69, 9.17) is 14.2 Å². The van der Waals surface area contributed by atoms with E-state index in [1.54, 1.807) is 30.3 Å². The monoisotopic (exact) mass is 385 g/mol. The third-order valence-corrected chi connectivity index (χ3v) is 3.83. The maximum absolute atomic E-state index is 12.1. The van der Waals surface area contributed by atoms with Gasteiger partial charge in [0.2, 0.25) is 6.10 Å². The van der Waals surface area contributed by atoms with E-state index < -0.39 is 17.9 Å². The maximum Gasteiger partial charge on any atom is 0.265 e. The number of para-hydroxylation sites is 2. The highest BCUT2D eigenvalue weighted by atomic mass is 16.6. The summed E-state index contributed by atoms with van der Waals surface area (Å²) < 4.78 is 16.0. The number of fused-ring (bicyclic) bond motifs is 1. The fourth-order valence-electron chi connectivity index (χ4n) is 2.42. The van der Waals surface area contributed by atoms with Crippen LogP contribution in [0, 0.1) is 0 Å². The van der Waals surface area contributed by atoms with Gasteiger partial charge < -0.3 is 24.6 Å². The molecule has 0 radical (unpaired) electrons. The Morgan fingerprint density at radius 1 is 1.29 bits per heavy atom. The standard InChI is InChI=1S/C19H19N3O6/c1-26-16-8-12(6-7-13(16)23)9-21-22-18(24)10-20-19(25)17-11-27-14-4-2-3-5-15(14)28-17/h2-9,17,23H,10-11H2,1H3,(H,20,25)(H,22,24)/b21-9+/t17-/m1/s1. The molecule has 3 rings (SSSR count). The van der Waals surface area contributed by atoms with Crippen LogP contribution in [0.3, 0.4) is 0 Å². The van der Waals surface area contributed by atoms with Crippen LogP contribution in [0.1, 0.15) is 5.56 Å². The summed E-state index contributed by atoms with van der Waals surface area (Å²) in [4.78, 5) is 24.0. The van der Waals surface area contributed by atoms with Crippen molar-refractivity contribution in [1.29, 1.82) is 0 Å². The molecule has 3 N–H and O–H groups in total. The van der Waals surface area contributed by atoms with E-state index in [-0.39, 0.29) is 18.9 Å². The first-order valence-corrected chi connectivity index (χ1v) is 8.42. The average Bonchev–Trinajstić information content (AvgIpc) is 2.72. The molecule has 0 saturated carbocycles. The Balaban J connectivity index is 1.45. The molecule has 0 saturated heterocycles. The highest BCUT2D eigenvalue weighted by molar-refractivity contribution is 5.88. The normalized spacial score (nSPS) is 15.1. The number of methoxy groups -OCH3 is 1. The second kappa shape index (κ2) is 8.76. The highest BCUT2D eigenvalue weighted by Gasteiger charge is 2.27. The second-order valence-electron chi connectivity index (χ2n) is 5.81. The molecule has 2 amide bonds. The third kappa shape index (κ3) is 4.70. The fraction of sp³-hybridized carbons (Fsp3) is 0.211. The molecule has 146 valence electrons. The number of nitrogens with zero attached hydrogens (tertiary/aromatic N) is 1. The number of hydrogen-bond donors (Lipinski definition) is 3. The van der Waals surface area contributed by atoms with Crippen LogP contribution < -0.4 is 25.0 Å². The van der Waals surface area contributed by atoms with Crippen molar-refractivity contribution in [3.8, 4) is 23.0 Å². The number of rotatable bonds is 6. The van der Waals surface area contributed by atoms with Crippen molar-refractivity contribution in [2.75, 3.05) is 20.3 Å². The first kappa shape index (κ1) is 19.0. The first-order valence-electron chi connectivity index (χ1n) is 8.42. The number of aromatic hydroxyl groups is 1. The van der Waals surface area contributed by atoms with Gasteiger partial charge in [0.25, 0.3) is 11.8 Å². The van der Waals surface area contributed by atoms with Crippen LogP contribution in [0.5, 0.6) is 23.0 Å². The number of ether oxygens (including phenoxy) is 3. The van der Waals surface area contributed by atoms with Gasteiger partial charge in [0.15, 0.2) is 23.0 Å². The van der Waals surface area contributed by atoms with Gasteiger partial charge in [-0.3, -0.25) is 9.59 Å². The van der Waals surface area contributed by atoms with Gasteiger partial charge >= 0.3 is 0 Å². The highest BCUT2D eigenvalue weighted by Crippen LogP contribution is 2.30. The van der Waals surface area contributed by atoms with Gasteiger partial charge in [-0.05, 0) is 35.9 Å². The van der Waals surface area contributed by atoms with Crippen LogP contribution in [0.15, 0.2) is 47.6 Å². The summed E-state index contributed by atoms with van der Waals surface area (Å²) in [5, 5.41) is 15.8. The maximum atomic E-state index is 12.1. The number of carbonyl (C=O) groups excluding carboxylic acids is 2. The fourth-order valence-corrected chi connectivity index (χ4v) is 2.42. The molecule has 1 atom stereocenters. The van der Waals surface area contributed by atoms with Crippen molar-refractivity contribution in [2.24, 2.45) is 5.10 Å². The van der Waals surface area contributed by atoms with Gasteiger partial charge in [-0.15, -0.1) is 0 Å². The van der Waals surface area contributed by atoms with Crippen LogP contribution in [-0.2, 0) is 9.59 Å². The van der Waals surface area contributed by atoms with Gasteiger partial charge in [-0.1, -0.05) is 12.1 Å². The molecule has 2 aromatic carbocycles. The van der Waals surface area contributed by atoms with Gasteiger partial charge in [0.05, 0.1) is 19.9 Å². The zero-order valence-corrected chi connectivity index (χ0v) is 15.0. The molecular weight excluding hydrogens is 366 g/mol. The molecule has 9 heteroatoms. The van der Waals surface area contributed by atoms with Crippen molar-refractivity contribution in [3.05, 3.63) is 48.0 Å². The number of hydrogen-bond acceptors (Lipinski definition) is 7. The summed E-state index contributed by atoms with van der Waals surface area (Å²) in [7, 11) is 1.43. The van der Waals surface area contributed by atoms with Crippen molar-refractivity contribution < 1.29 is 28.9 Å². The SMILES string of the molecule is COc1cc(/C=N/NC(=O)CNC(=O)[C@H]2COc3ccccc3O2)ccc1O. The largest absolute Gasteiger partial charge is 0.504 e. The minimum atomic E-state index is -0.837. The van der Waals surface area contributed by atoms with E-state index >= 15 is 0 Å². The summed E-state index contributed by atoms with van der Waals surface area (Å²) in [6.45, 7) is -0.206. The summed E-state index contributed by atoms with van der Waals surface area (Å²) in [6.07, 6.45) is 0.548. The zero-order chi connectivity index (χ0) is 19.9. The zero-order valence-electron chi connectivity index (χ0n) is 15.0. The molecule has 9 nitrogen and oxygen atoms in total. The number of hydrazone groups is 1. The Hall–Kier alpha value is -3.75. The first-order chi connectivity index (χ1) is 13.6. The van der Waals surface area contributed by atoms with E-state index in [9.17, 15) is 14.7 Å². The number of phenols is 1. The molecule has 0 bridgehead atoms. The number of benzene rings is 2. The quantitative estimate of drug-likeness (QED) is 0.500. The van der Waals surface area contributed by atoms with E-state index in [0.29, 0.717) is 22.8 Å². The Morgan fingerprint density at radius 2 is 2.07 bits per heavy atom. The number of amides is 2. The number of nitrogens with one attached hydrogen (secondary N) is 2. The van der Waals surface area contributed by atoms with Crippen molar-refractivity contribution in [3.63, 3.8) is 0 Å². The lowest BCUT2D eigenvalue weighted by Crippen LogP contribution is -2.46. The molecule has 1 aliphatic rings. The van der Waals surface area contributed by atoms with E-state index in [1.165, 1.54) is 19.4 Å². The summed E-state index contributed by atoms with van der Waals surface area (Å²) in [6, 6.07) is 11.7. The Morgan fingerprint density at radius 3 is 2.86 bits per heavy atom. The summed E-state index contributed by atoms with van der Waals surface area (Å²) in [5.74, 6) is 0.378. The minimum absolute atomic E-state index is 0.00272. The molecule has 0 spiro atoms. The third-order valence-electron chi connectivity index (χ3n) is 3.83. The Kier molecular flexibility index (Phi) is 5.95. The van der Waals surface area contributed by atoms with Crippen LogP contribution in [0.25, 0.3) is 0 Å². The predicted octanol–water partition coefficient (Wildman–Crippen LogP) is 0.807. The average molecular weight is 385 g/mol. The molecule has 0 fully saturated rings. The summed E-state index contributed by atoms with van der Waals surface area (Å²) >= 11 is 0. The molecular formula is C19H19N3O6. The molecule has 0 aromatic heterocycles. The van der Waals surface area contributed by atoms with E-state index in [0.717, 1.165) is 0 Å². The minimum Gasteiger partial charge on any atom is -0.504 e. The lowest BCUT2D eigenvalue weighted by Gasteiger charge is -2.25. The predicted molar refractivity (Wildman–Crippen MR) is 99.8 cm³/mol. The van der Waals surface area contributed by atoms with Gasteiger partial charge in [-0.25, -0.2) is 5.43 Å². The molecule has 28 heavy (non-hydrogen) atoms. The number of phenolic OH excluding ortho intramolecular Hbond substituents is 1. The summed E-state index contributed by atoms with van der Waals surface area (Å²) in [5.41, 5.74) is 2.91. The van der Waals surface area contributed by atoms with Crippen LogP contribution in [0.4, 0.5) is 0 Å². The molecule has 2 aromatic rings. The van der Waals surface area contributed by atoms with Crippen LogP contribution >= 0.6 is 0 Å². The molecule has 1 heterocycles. The van der Waals surface area contributed by atoms with Crippen LogP contribution in [0.2, 0.25) is 0 Å². The second-order valence-corrected chi connectivity index (χ2v) is 5.81. The van der Waals surface area contributed by atoms with Gasteiger partial charge in [0, 0.05) is 0 Å². The van der Waals surface area contributed by atoms with Gasteiger partial charge in [0.1, 0.15) is 6.61 Å². The van der Waals surface area contributed by atoms with Gasteiger partial charge in [-0.2, -0.15) is 5.10 Å². The Labute approximate surface area is 160 Å². The Bertz CT molecular complexity index is 899. The van der Waals surface area contributed by atoms with Crippen molar-refractivity contribution in [2.45, 2.75) is 6.10 Å². The lowest BCUT2D eigenvalue weighted by molar-refractivity contribution is -0.132. The van der Waals surface area contributed by atoms with Crippen LogP contribution in [-0.4, -0.2) is 49.5 Å². The topological polar surface area (TPSA) is 118 Å². The van der Waals surface area contributed by atoms with E-state index in [1.807, 2.05) is 6.07 Å². The van der Waals surface area contributed by atoms with Crippen molar-refractivity contribution >= 4 is 18.0 Å². The number of carbonyl (C=O) groups is 2. The smallest absolute Gasteiger partial charge is 0.265 e. The molecule has 0 unspecified atom stereocenters. The molecule has 0 aliphatic carbocycles. The van der Waals surface area contributed by atoms with Crippen molar-refractivity contribution in [1.82, 2.24) is 10.7 Å². The van der Waals surface area contributed by atoms with E-state index in [2.05, 4.69) is 15.8 Å². The molecule has 1 aliphatic heterocycles.